The first-order valence-corrected chi connectivity index (χ1v) is 9.16. The molecule has 148 valence electrons. The van der Waals surface area contributed by atoms with Crippen LogP contribution in [0.2, 0.25) is 0 Å². The van der Waals surface area contributed by atoms with E-state index in [-0.39, 0.29) is 18.1 Å². The fourth-order valence-corrected chi connectivity index (χ4v) is 3.13. The molecule has 9 nitrogen and oxygen atoms in total. The second kappa shape index (κ2) is 7.70. The quantitative estimate of drug-likeness (QED) is 0.618. The van der Waals surface area contributed by atoms with Crippen LogP contribution in [-0.2, 0) is 11.2 Å². The summed E-state index contributed by atoms with van der Waals surface area (Å²) in [4.78, 5) is 21.9. The van der Waals surface area contributed by atoms with Gasteiger partial charge in [-0.05, 0) is 29.8 Å². The number of amides is 1. The van der Waals surface area contributed by atoms with Crippen molar-refractivity contribution in [2.75, 3.05) is 6.54 Å². The molecule has 0 aromatic heterocycles. The van der Waals surface area contributed by atoms with Crippen LogP contribution in [0, 0.1) is 10.1 Å². The van der Waals surface area contributed by atoms with Crippen LogP contribution in [0.3, 0.4) is 0 Å². The fourth-order valence-electron chi connectivity index (χ4n) is 3.13. The van der Waals surface area contributed by atoms with E-state index < -0.39 is 11.2 Å². The maximum Gasteiger partial charge on any atom is 0.269 e. The molecule has 2 aliphatic heterocycles. The fraction of sp³-hybridized carbons (Fsp3) is 0.250. The minimum atomic E-state index is -0.597. The number of ether oxygens (including phenoxy) is 2. The van der Waals surface area contributed by atoms with E-state index in [2.05, 4.69) is 15.5 Å². The molecule has 1 unspecified atom stereocenters. The zero-order chi connectivity index (χ0) is 20.4. The Morgan fingerprint density at radius 2 is 1.97 bits per heavy atom. The van der Waals surface area contributed by atoms with Crippen molar-refractivity contribution in [3.8, 4) is 11.5 Å². The number of fused-ring (bicyclic) bond motifs is 2. The van der Waals surface area contributed by atoms with Crippen LogP contribution >= 0.6 is 0 Å². The van der Waals surface area contributed by atoms with Crippen molar-refractivity contribution >= 4 is 23.5 Å². The monoisotopic (exact) mass is 394 g/mol. The highest BCUT2D eigenvalue weighted by Gasteiger charge is 2.28. The summed E-state index contributed by atoms with van der Waals surface area (Å²) in [6, 6.07) is 9.88. The summed E-state index contributed by atoms with van der Waals surface area (Å²) in [7, 11) is 0. The van der Waals surface area contributed by atoms with Crippen LogP contribution in [0.15, 0.2) is 46.6 Å². The Morgan fingerprint density at radius 1 is 1.24 bits per heavy atom. The van der Waals surface area contributed by atoms with Crippen LogP contribution in [-0.4, -0.2) is 35.6 Å². The molecule has 1 amide bonds. The van der Waals surface area contributed by atoms with Crippen molar-refractivity contribution in [2.24, 2.45) is 10.2 Å². The Labute approximate surface area is 166 Å². The molecule has 9 heteroatoms. The van der Waals surface area contributed by atoms with E-state index in [4.69, 9.17) is 9.47 Å². The number of rotatable bonds is 5. The SMILES string of the molecule is CCC(=O)NCC1Oc2cc3c(cc2O1)C(c1ccc([N+](=O)[O-])cc1)=NN=CC3. The van der Waals surface area contributed by atoms with E-state index in [1.54, 1.807) is 25.3 Å². The lowest BCUT2D eigenvalue weighted by Gasteiger charge is -2.10. The van der Waals surface area contributed by atoms with E-state index in [9.17, 15) is 14.9 Å². The number of carbonyl (C=O) groups excluding carboxylic acids is 1. The third-order valence-corrected chi connectivity index (χ3v) is 4.63. The molecule has 0 saturated carbocycles. The van der Waals surface area contributed by atoms with E-state index in [0.717, 1.165) is 11.1 Å². The van der Waals surface area contributed by atoms with Crippen LogP contribution in [0.5, 0.6) is 11.5 Å². The van der Waals surface area contributed by atoms with Crippen molar-refractivity contribution in [3.63, 3.8) is 0 Å². The molecule has 0 saturated heterocycles. The highest BCUT2D eigenvalue weighted by atomic mass is 16.7. The first-order chi connectivity index (χ1) is 14.0. The average Bonchev–Trinajstić information content (AvgIpc) is 3.01. The molecule has 0 spiro atoms. The van der Waals surface area contributed by atoms with Gasteiger partial charge in [-0.2, -0.15) is 10.2 Å². The molecule has 4 rings (SSSR count). The first kappa shape index (κ1) is 18.6. The molecule has 1 atom stereocenters. The van der Waals surface area contributed by atoms with Crippen LogP contribution < -0.4 is 14.8 Å². The molecule has 29 heavy (non-hydrogen) atoms. The Hall–Kier alpha value is -3.75. The van der Waals surface area contributed by atoms with Gasteiger partial charge in [0.25, 0.3) is 12.0 Å². The molecule has 2 heterocycles. The second-order valence-corrected chi connectivity index (χ2v) is 6.53. The second-order valence-electron chi connectivity index (χ2n) is 6.53. The zero-order valence-corrected chi connectivity index (χ0v) is 15.6. The molecule has 0 aliphatic carbocycles. The molecule has 0 fully saturated rings. The highest BCUT2D eigenvalue weighted by molar-refractivity contribution is 6.14. The number of nitro benzene ring substituents is 1. The van der Waals surface area contributed by atoms with Gasteiger partial charge < -0.3 is 14.8 Å². The minimum absolute atomic E-state index is 0.00866. The predicted octanol–water partition coefficient (Wildman–Crippen LogP) is 2.60. The Bertz CT molecular complexity index is 1030. The van der Waals surface area contributed by atoms with Crippen molar-refractivity contribution < 1.29 is 19.2 Å². The van der Waals surface area contributed by atoms with E-state index >= 15 is 0 Å². The third-order valence-electron chi connectivity index (χ3n) is 4.63. The van der Waals surface area contributed by atoms with Gasteiger partial charge in [-0.1, -0.05) is 6.92 Å². The van der Waals surface area contributed by atoms with Crippen molar-refractivity contribution in [3.05, 3.63) is 63.2 Å². The van der Waals surface area contributed by atoms with Gasteiger partial charge in [0, 0.05) is 42.3 Å². The summed E-state index contributed by atoms with van der Waals surface area (Å²) in [5, 5.41) is 22.0. The first-order valence-electron chi connectivity index (χ1n) is 9.16. The number of nitro groups is 1. The van der Waals surface area contributed by atoms with Gasteiger partial charge in [-0.15, -0.1) is 0 Å². The number of carbonyl (C=O) groups is 1. The van der Waals surface area contributed by atoms with Gasteiger partial charge >= 0.3 is 0 Å². The van der Waals surface area contributed by atoms with Gasteiger partial charge in [-0.3, -0.25) is 14.9 Å². The number of hydrogen-bond donors (Lipinski definition) is 1. The van der Waals surface area contributed by atoms with Crippen molar-refractivity contribution in [1.82, 2.24) is 5.32 Å². The van der Waals surface area contributed by atoms with Gasteiger partial charge in [-0.25, -0.2) is 0 Å². The Kier molecular flexibility index (Phi) is 4.94. The summed E-state index contributed by atoms with van der Waals surface area (Å²) in [5.41, 5.74) is 3.08. The summed E-state index contributed by atoms with van der Waals surface area (Å²) in [5.74, 6) is 1.07. The van der Waals surface area contributed by atoms with Gasteiger partial charge in [0.15, 0.2) is 11.5 Å². The van der Waals surface area contributed by atoms with E-state index in [0.29, 0.717) is 35.6 Å². The maximum atomic E-state index is 11.5. The summed E-state index contributed by atoms with van der Waals surface area (Å²) >= 11 is 0. The topological polar surface area (TPSA) is 115 Å². The number of nitrogens with one attached hydrogen (secondary N) is 1. The van der Waals surface area contributed by atoms with E-state index in [1.165, 1.54) is 12.1 Å². The average molecular weight is 394 g/mol. The Morgan fingerprint density at radius 3 is 2.66 bits per heavy atom. The number of nitrogens with zero attached hydrogens (tertiary/aromatic N) is 3. The molecule has 0 radical (unpaired) electrons. The molecule has 2 aromatic carbocycles. The largest absolute Gasteiger partial charge is 0.449 e. The summed E-state index contributed by atoms with van der Waals surface area (Å²) in [6.45, 7) is 2.02. The number of non-ortho nitro benzene ring substituents is 1. The molecule has 2 aliphatic rings. The molecule has 0 bridgehead atoms. The number of hydrogen-bond acceptors (Lipinski definition) is 7. The lowest BCUT2D eigenvalue weighted by molar-refractivity contribution is -0.384. The smallest absolute Gasteiger partial charge is 0.269 e. The lowest BCUT2D eigenvalue weighted by atomic mass is 9.95. The molecular weight excluding hydrogens is 376 g/mol. The Balaban J connectivity index is 1.62. The predicted molar refractivity (Wildman–Crippen MR) is 106 cm³/mol. The molecule has 1 N–H and O–H groups in total. The normalized spacial score (nSPS) is 16.6. The minimum Gasteiger partial charge on any atom is -0.449 e. The maximum absolute atomic E-state index is 11.5. The number of benzene rings is 2. The van der Waals surface area contributed by atoms with Crippen LogP contribution in [0.4, 0.5) is 5.69 Å². The van der Waals surface area contributed by atoms with Gasteiger partial charge in [0.05, 0.1) is 11.5 Å². The van der Waals surface area contributed by atoms with Crippen LogP contribution in [0.1, 0.15) is 30.0 Å². The summed E-state index contributed by atoms with van der Waals surface area (Å²) < 4.78 is 11.6. The highest BCUT2D eigenvalue weighted by Crippen LogP contribution is 2.38. The molecule has 2 aromatic rings. The summed E-state index contributed by atoms with van der Waals surface area (Å²) in [6.07, 6.45) is 2.05. The van der Waals surface area contributed by atoms with Crippen molar-refractivity contribution in [2.45, 2.75) is 26.1 Å². The molecular formula is C20H18N4O5. The van der Waals surface area contributed by atoms with E-state index in [1.807, 2.05) is 12.1 Å². The standard InChI is InChI=1S/C20H18N4O5/c1-2-18(25)21-11-19-28-16-9-13-7-8-22-23-20(15(13)10-17(16)29-19)12-3-5-14(6-4-12)24(26)27/h3-6,8-10,19H,2,7,11H2,1H3,(H,21,25). The van der Waals surface area contributed by atoms with Crippen LogP contribution in [0.25, 0.3) is 0 Å². The third kappa shape index (κ3) is 3.79. The van der Waals surface area contributed by atoms with Gasteiger partial charge in [0.1, 0.15) is 5.71 Å². The zero-order valence-electron chi connectivity index (χ0n) is 15.6. The lowest BCUT2D eigenvalue weighted by Crippen LogP contribution is -2.36. The van der Waals surface area contributed by atoms with Crippen molar-refractivity contribution in [1.29, 1.82) is 0 Å². The van der Waals surface area contributed by atoms with Gasteiger partial charge in [0.2, 0.25) is 5.91 Å².